The molecule has 0 saturated carbocycles. The van der Waals surface area contributed by atoms with Crippen LogP contribution in [-0.2, 0) is 0 Å². The van der Waals surface area contributed by atoms with Crippen molar-refractivity contribution >= 4 is 11.6 Å². The van der Waals surface area contributed by atoms with Gasteiger partial charge >= 0.3 is 0 Å². The molecule has 0 saturated heterocycles. The highest BCUT2D eigenvalue weighted by Gasteiger charge is 2.02. The molecule has 1 aromatic carbocycles. The first-order valence-electron chi connectivity index (χ1n) is 2.76. The molecule has 0 amide bonds. The summed E-state index contributed by atoms with van der Waals surface area (Å²) in [7, 11) is 0. The average Bonchev–Trinajstić information content (AvgIpc) is 1.84. The Balaban J connectivity index is 3.28. The number of hydrogen-bond donors (Lipinski definition) is 1. The Hall–Kier alpha value is -0.760. The standard InChI is InChI=1S/C7H6ClFO/c1-4-2-5(8)6(9)3-7(4)10/h2-3,10H,1H3. The van der Waals surface area contributed by atoms with Gasteiger partial charge < -0.3 is 5.11 Å². The molecule has 3 heteroatoms. The Morgan fingerprint density at radius 3 is 2.60 bits per heavy atom. The molecule has 0 aliphatic rings. The van der Waals surface area contributed by atoms with Crippen LogP contribution in [0.25, 0.3) is 0 Å². The first-order chi connectivity index (χ1) is 4.61. The minimum absolute atomic E-state index is 0.0373. The van der Waals surface area contributed by atoms with Crippen molar-refractivity contribution in [2.24, 2.45) is 0 Å². The lowest BCUT2D eigenvalue weighted by atomic mass is 10.2. The van der Waals surface area contributed by atoms with E-state index in [4.69, 9.17) is 16.7 Å². The van der Waals surface area contributed by atoms with E-state index in [9.17, 15) is 4.39 Å². The molecule has 0 aliphatic carbocycles. The predicted octanol–water partition coefficient (Wildman–Crippen LogP) is 2.49. The maximum Gasteiger partial charge on any atom is 0.145 e. The summed E-state index contributed by atoms with van der Waals surface area (Å²) in [6.07, 6.45) is 0. The molecule has 0 unspecified atom stereocenters. The Morgan fingerprint density at radius 1 is 1.50 bits per heavy atom. The van der Waals surface area contributed by atoms with Crippen molar-refractivity contribution in [3.8, 4) is 5.75 Å². The summed E-state index contributed by atoms with van der Waals surface area (Å²) >= 11 is 5.40. The zero-order valence-electron chi connectivity index (χ0n) is 5.36. The van der Waals surface area contributed by atoms with Crippen LogP contribution in [0.5, 0.6) is 5.75 Å². The number of rotatable bonds is 0. The number of halogens is 2. The van der Waals surface area contributed by atoms with E-state index in [1.54, 1.807) is 6.92 Å². The summed E-state index contributed by atoms with van der Waals surface area (Å²) in [5.41, 5.74) is 0.575. The van der Waals surface area contributed by atoms with Gasteiger partial charge in [0.2, 0.25) is 0 Å². The molecule has 0 atom stereocenters. The van der Waals surface area contributed by atoms with Crippen molar-refractivity contribution in [1.29, 1.82) is 0 Å². The van der Waals surface area contributed by atoms with Gasteiger partial charge in [-0.3, -0.25) is 0 Å². The predicted molar refractivity (Wildman–Crippen MR) is 37.8 cm³/mol. The molecule has 0 radical (unpaired) electrons. The molecule has 1 nitrogen and oxygen atoms in total. The normalized spacial score (nSPS) is 9.90. The first-order valence-corrected chi connectivity index (χ1v) is 3.13. The van der Waals surface area contributed by atoms with E-state index in [0.717, 1.165) is 6.07 Å². The number of aryl methyl sites for hydroxylation is 1. The van der Waals surface area contributed by atoms with Crippen LogP contribution in [0.2, 0.25) is 5.02 Å². The molecule has 54 valence electrons. The molecule has 1 aromatic rings. The van der Waals surface area contributed by atoms with Crippen LogP contribution in [0.4, 0.5) is 4.39 Å². The number of phenolic OH excluding ortho intramolecular Hbond substituents is 1. The van der Waals surface area contributed by atoms with Gasteiger partial charge in [0.25, 0.3) is 0 Å². The monoisotopic (exact) mass is 160 g/mol. The van der Waals surface area contributed by atoms with Crippen molar-refractivity contribution in [3.05, 3.63) is 28.5 Å². The Bertz CT molecular complexity index is 210. The van der Waals surface area contributed by atoms with E-state index in [-0.39, 0.29) is 10.8 Å². The number of phenols is 1. The first kappa shape index (κ1) is 7.35. The third kappa shape index (κ3) is 1.21. The summed E-state index contributed by atoms with van der Waals surface area (Å²) in [4.78, 5) is 0. The molecule has 0 aromatic heterocycles. The zero-order valence-corrected chi connectivity index (χ0v) is 6.11. The lowest BCUT2D eigenvalue weighted by Gasteiger charge is -1.98. The summed E-state index contributed by atoms with van der Waals surface area (Å²) in [6.45, 7) is 1.65. The highest BCUT2D eigenvalue weighted by atomic mass is 35.5. The van der Waals surface area contributed by atoms with Crippen LogP contribution >= 0.6 is 11.6 Å². The van der Waals surface area contributed by atoms with E-state index >= 15 is 0 Å². The molecule has 0 bridgehead atoms. The smallest absolute Gasteiger partial charge is 0.145 e. The third-order valence-electron chi connectivity index (χ3n) is 1.24. The van der Waals surface area contributed by atoms with Crippen molar-refractivity contribution in [2.75, 3.05) is 0 Å². The molecule has 0 fully saturated rings. The van der Waals surface area contributed by atoms with Crippen LogP contribution in [0, 0.1) is 12.7 Å². The fourth-order valence-electron chi connectivity index (χ4n) is 0.636. The van der Waals surface area contributed by atoms with Crippen LogP contribution in [0.1, 0.15) is 5.56 Å². The lowest BCUT2D eigenvalue weighted by Crippen LogP contribution is -1.79. The molecule has 1 N–H and O–H groups in total. The van der Waals surface area contributed by atoms with E-state index in [1.165, 1.54) is 6.07 Å². The molecule has 0 heterocycles. The summed E-state index contributed by atoms with van der Waals surface area (Å²) in [5, 5.41) is 8.96. The highest BCUT2D eigenvalue weighted by molar-refractivity contribution is 6.30. The van der Waals surface area contributed by atoms with Crippen LogP contribution < -0.4 is 0 Å². The topological polar surface area (TPSA) is 20.2 Å². The van der Waals surface area contributed by atoms with Crippen molar-refractivity contribution in [1.82, 2.24) is 0 Å². The highest BCUT2D eigenvalue weighted by Crippen LogP contribution is 2.23. The van der Waals surface area contributed by atoms with Crippen LogP contribution in [0.3, 0.4) is 0 Å². The second-order valence-electron chi connectivity index (χ2n) is 2.05. The molecular formula is C7H6ClFO. The maximum absolute atomic E-state index is 12.5. The van der Waals surface area contributed by atoms with Gasteiger partial charge in [-0.2, -0.15) is 0 Å². The summed E-state index contributed by atoms with van der Waals surface area (Å²) < 4.78 is 12.5. The molecular weight excluding hydrogens is 155 g/mol. The van der Waals surface area contributed by atoms with Crippen LogP contribution in [0.15, 0.2) is 12.1 Å². The molecule has 1 rings (SSSR count). The largest absolute Gasteiger partial charge is 0.508 e. The fraction of sp³-hybridized carbons (Fsp3) is 0.143. The van der Waals surface area contributed by atoms with E-state index in [1.807, 2.05) is 0 Å². The Labute approximate surface area is 63.1 Å². The van der Waals surface area contributed by atoms with Gasteiger partial charge in [0.1, 0.15) is 11.6 Å². The third-order valence-corrected chi connectivity index (χ3v) is 1.53. The van der Waals surface area contributed by atoms with Crippen molar-refractivity contribution in [2.45, 2.75) is 6.92 Å². The van der Waals surface area contributed by atoms with Crippen molar-refractivity contribution in [3.63, 3.8) is 0 Å². The van der Waals surface area contributed by atoms with Gasteiger partial charge in [-0.05, 0) is 18.6 Å². The second kappa shape index (κ2) is 2.46. The second-order valence-corrected chi connectivity index (χ2v) is 2.46. The summed E-state index contributed by atoms with van der Waals surface area (Å²) in [5.74, 6) is -0.660. The van der Waals surface area contributed by atoms with E-state index in [0.29, 0.717) is 5.56 Å². The van der Waals surface area contributed by atoms with Crippen LogP contribution in [-0.4, -0.2) is 5.11 Å². The molecule has 10 heavy (non-hydrogen) atoms. The van der Waals surface area contributed by atoms with E-state index < -0.39 is 5.82 Å². The lowest BCUT2D eigenvalue weighted by molar-refractivity contribution is 0.465. The molecule has 0 spiro atoms. The minimum Gasteiger partial charge on any atom is -0.508 e. The van der Waals surface area contributed by atoms with Gasteiger partial charge in [0.05, 0.1) is 5.02 Å². The minimum atomic E-state index is -0.593. The number of benzene rings is 1. The Morgan fingerprint density at radius 2 is 2.10 bits per heavy atom. The maximum atomic E-state index is 12.5. The SMILES string of the molecule is Cc1cc(Cl)c(F)cc1O. The van der Waals surface area contributed by atoms with Gasteiger partial charge in [0.15, 0.2) is 0 Å². The average molecular weight is 161 g/mol. The Kier molecular flexibility index (Phi) is 1.81. The number of aromatic hydroxyl groups is 1. The van der Waals surface area contributed by atoms with E-state index in [2.05, 4.69) is 0 Å². The zero-order chi connectivity index (χ0) is 7.72. The van der Waals surface area contributed by atoms with Crippen molar-refractivity contribution < 1.29 is 9.50 Å². The van der Waals surface area contributed by atoms with Gasteiger partial charge in [-0.15, -0.1) is 0 Å². The number of hydrogen-bond acceptors (Lipinski definition) is 1. The fourth-order valence-corrected chi connectivity index (χ4v) is 0.854. The molecule has 0 aliphatic heterocycles. The summed E-state index contributed by atoms with van der Waals surface area (Å²) in [6, 6.07) is 2.38. The van der Waals surface area contributed by atoms with Gasteiger partial charge in [-0.1, -0.05) is 11.6 Å². The van der Waals surface area contributed by atoms with Gasteiger partial charge in [0, 0.05) is 6.07 Å². The van der Waals surface area contributed by atoms with Gasteiger partial charge in [-0.25, -0.2) is 4.39 Å². The quantitative estimate of drug-likeness (QED) is 0.618.